The van der Waals surface area contributed by atoms with Crippen LogP contribution in [0.2, 0.25) is 5.02 Å². The number of halogens is 1. The molecule has 40 heavy (non-hydrogen) atoms. The van der Waals surface area contributed by atoms with Crippen molar-refractivity contribution in [2.45, 2.75) is 102 Å². The summed E-state index contributed by atoms with van der Waals surface area (Å²) in [7, 11) is -3.89. The van der Waals surface area contributed by atoms with E-state index in [1.165, 1.54) is 18.2 Å². The minimum atomic E-state index is -3.89. The molecular weight excluding hydrogens is 552 g/mol. The zero-order chi connectivity index (χ0) is 29.2. The van der Waals surface area contributed by atoms with E-state index in [0.717, 1.165) is 38.5 Å². The molecule has 1 aromatic rings. The van der Waals surface area contributed by atoms with Gasteiger partial charge in [0.1, 0.15) is 0 Å². The number of primary sulfonamides is 1. The van der Waals surface area contributed by atoms with Crippen LogP contribution in [0.4, 0.5) is 5.69 Å². The Morgan fingerprint density at radius 3 is 2.52 bits per heavy atom. The first-order chi connectivity index (χ1) is 18.7. The number of aliphatic hydroxyl groups excluding tert-OH is 3. The van der Waals surface area contributed by atoms with E-state index in [0.29, 0.717) is 24.4 Å². The third kappa shape index (κ3) is 5.13. The Hall–Kier alpha value is -1.23. The van der Waals surface area contributed by atoms with Crippen molar-refractivity contribution in [2.24, 2.45) is 51.5 Å². The fraction of sp³-hybridized carbons (Fsp3) is 0.767. The van der Waals surface area contributed by atoms with Crippen molar-refractivity contribution in [1.82, 2.24) is 0 Å². The lowest BCUT2D eigenvalue weighted by molar-refractivity contribution is -0.207. The molecule has 5 rings (SSSR count). The van der Waals surface area contributed by atoms with Gasteiger partial charge in [-0.2, -0.15) is 0 Å². The van der Waals surface area contributed by atoms with Crippen LogP contribution in [0.5, 0.6) is 0 Å². The molecule has 0 spiro atoms. The summed E-state index contributed by atoms with van der Waals surface area (Å²) in [6.07, 6.45) is 5.63. The molecular formula is C30H45ClN2O6S. The summed E-state index contributed by atoms with van der Waals surface area (Å²) < 4.78 is 23.1. The molecule has 11 atom stereocenters. The molecule has 0 bridgehead atoms. The number of anilines is 1. The van der Waals surface area contributed by atoms with Crippen LogP contribution in [0.3, 0.4) is 0 Å². The van der Waals surface area contributed by atoms with Gasteiger partial charge in [0.2, 0.25) is 15.9 Å². The molecule has 10 heteroatoms. The van der Waals surface area contributed by atoms with Gasteiger partial charge >= 0.3 is 0 Å². The van der Waals surface area contributed by atoms with Crippen molar-refractivity contribution in [2.75, 3.05) is 5.32 Å². The summed E-state index contributed by atoms with van der Waals surface area (Å²) in [5, 5.41) is 41.6. The first-order valence-electron chi connectivity index (χ1n) is 14.8. The van der Waals surface area contributed by atoms with Gasteiger partial charge in [-0.15, -0.1) is 0 Å². The third-order valence-corrected chi connectivity index (χ3v) is 13.1. The second-order valence-electron chi connectivity index (χ2n) is 13.8. The van der Waals surface area contributed by atoms with Crippen molar-refractivity contribution in [3.05, 3.63) is 23.2 Å². The van der Waals surface area contributed by atoms with E-state index in [4.69, 9.17) is 16.7 Å². The molecule has 1 aromatic carbocycles. The standard InChI is InChI=1S/C30H45ClN2O6S/c1-16(4-9-27(37)33-24-8-5-19(14-23(24)31)40(32,38)39)20-6-7-21-28-22(15-26(36)30(20,21)3)29(2)11-10-18(34)12-17(29)13-25(28)35/h5,8,14,16-18,20-22,25-26,28,34-36H,4,6-7,9-13,15H2,1-3H3,(H,33,37)(H2,32,38,39)/t16-,17+,18-,20-,21+,22+,25-,26+,28+,29+,30-/m1/s1. The fourth-order valence-electron chi connectivity index (χ4n) is 9.68. The lowest BCUT2D eigenvalue weighted by Crippen LogP contribution is -2.62. The van der Waals surface area contributed by atoms with Crippen molar-refractivity contribution in [3.63, 3.8) is 0 Å². The fourth-order valence-corrected chi connectivity index (χ4v) is 10.5. The molecule has 0 radical (unpaired) electrons. The number of carbonyl (C=O) groups excluding carboxylic acids is 1. The molecule has 0 saturated heterocycles. The van der Waals surface area contributed by atoms with Gasteiger partial charge in [-0.25, -0.2) is 13.6 Å². The van der Waals surface area contributed by atoms with E-state index >= 15 is 0 Å². The van der Waals surface area contributed by atoms with Gasteiger partial charge < -0.3 is 20.6 Å². The van der Waals surface area contributed by atoms with E-state index in [9.17, 15) is 28.5 Å². The molecule has 4 aliphatic carbocycles. The number of amides is 1. The summed E-state index contributed by atoms with van der Waals surface area (Å²) in [5.41, 5.74) is 0.0604. The van der Waals surface area contributed by atoms with E-state index in [2.05, 4.69) is 26.1 Å². The number of benzene rings is 1. The Balaban J connectivity index is 1.25. The molecule has 0 aromatic heterocycles. The topological polar surface area (TPSA) is 150 Å². The van der Waals surface area contributed by atoms with E-state index in [-0.39, 0.29) is 68.8 Å². The highest BCUT2D eigenvalue weighted by atomic mass is 35.5. The molecule has 4 saturated carbocycles. The number of carbonyl (C=O) groups is 1. The Morgan fingerprint density at radius 2 is 1.85 bits per heavy atom. The Kier molecular flexibility index (Phi) is 8.16. The highest BCUT2D eigenvalue weighted by Crippen LogP contribution is 2.68. The maximum Gasteiger partial charge on any atom is 0.238 e. The van der Waals surface area contributed by atoms with Crippen LogP contribution in [-0.4, -0.2) is 48.0 Å². The van der Waals surface area contributed by atoms with Crippen LogP contribution in [0.1, 0.15) is 78.6 Å². The summed E-state index contributed by atoms with van der Waals surface area (Å²) >= 11 is 6.19. The number of sulfonamides is 1. The maximum absolute atomic E-state index is 12.8. The van der Waals surface area contributed by atoms with Crippen molar-refractivity contribution < 1.29 is 28.5 Å². The SMILES string of the molecule is C[C@H](CCC(=O)Nc1ccc(S(N)(=O)=O)cc1Cl)[C@H]1CC[C@H]2[C@@H]3[C@H](O)C[C@@H]4C[C@H](O)CC[C@]4(C)[C@H]3C[C@H](O)[C@]12C. The number of fused-ring (bicyclic) bond motifs is 5. The van der Waals surface area contributed by atoms with E-state index in [1.54, 1.807) is 0 Å². The highest BCUT2D eigenvalue weighted by molar-refractivity contribution is 7.89. The summed E-state index contributed by atoms with van der Waals surface area (Å²) in [4.78, 5) is 12.7. The molecule has 0 unspecified atom stereocenters. The first-order valence-corrected chi connectivity index (χ1v) is 16.7. The van der Waals surface area contributed by atoms with Crippen LogP contribution in [0, 0.1) is 46.3 Å². The Labute approximate surface area is 243 Å². The highest BCUT2D eigenvalue weighted by Gasteiger charge is 2.65. The summed E-state index contributed by atoms with van der Waals surface area (Å²) in [6, 6.07) is 3.98. The lowest BCUT2D eigenvalue weighted by atomic mass is 9.43. The Bertz CT molecular complexity index is 1240. The second-order valence-corrected chi connectivity index (χ2v) is 15.7. The number of hydrogen-bond donors (Lipinski definition) is 5. The molecule has 224 valence electrons. The maximum atomic E-state index is 12.8. The predicted molar refractivity (Wildman–Crippen MR) is 154 cm³/mol. The molecule has 0 heterocycles. The lowest BCUT2D eigenvalue weighted by Gasteiger charge is -2.63. The molecule has 0 aliphatic heterocycles. The summed E-state index contributed by atoms with van der Waals surface area (Å²) in [6.45, 7) is 6.71. The second kappa shape index (κ2) is 10.8. The van der Waals surface area contributed by atoms with Gasteiger partial charge in [0.15, 0.2) is 0 Å². The van der Waals surface area contributed by atoms with Gasteiger partial charge in [-0.1, -0.05) is 32.4 Å². The zero-order valence-electron chi connectivity index (χ0n) is 23.7. The van der Waals surface area contributed by atoms with Crippen molar-refractivity contribution in [1.29, 1.82) is 0 Å². The predicted octanol–water partition coefficient (Wildman–Crippen LogP) is 4.30. The van der Waals surface area contributed by atoms with Gasteiger partial charge in [0.05, 0.1) is 33.9 Å². The van der Waals surface area contributed by atoms with Crippen LogP contribution in [0.25, 0.3) is 0 Å². The van der Waals surface area contributed by atoms with Gasteiger partial charge in [-0.3, -0.25) is 4.79 Å². The zero-order valence-corrected chi connectivity index (χ0v) is 25.3. The average molecular weight is 597 g/mol. The molecule has 1 amide bonds. The van der Waals surface area contributed by atoms with Gasteiger partial charge in [0, 0.05) is 6.42 Å². The van der Waals surface area contributed by atoms with E-state index in [1.807, 2.05) is 0 Å². The molecule has 4 aliphatic rings. The average Bonchev–Trinajstić information content (AvgIpc) is 3.23. The minimum Gasteiger partial charge on any atom is -0.393 e. The normalized spacial score (nSPS) is 41.9. The molecule has 6 N–H and O–H groups in total. The van der Waals surface area contributed by atoms with Crippen molar-refractivity contribution >= 4 is 33.2 Å². The number of nitrogens with one attached hydrogen (secondary N) is 1. The summed E-state index contributed by atoms with van der Waals surface area (Å²) in [5.74, 6) is 1.18. The van der Waals surface area contributed by atoms with Gasteiger partial charge in [-0.05, 0) is 116 Å². The van der Waals surface area contributed by atoms with Crippen molar-refractivity contribution in [3.8, 4) is 0 Å². The minimum absolute atomic E-state index is 0.0427. The van der Waals surface area contributed by atoms with Crippen LogP contribution in [-0.2, 0) is 14.8 Å². The van der Waals surface area contributed by atoms with Crippen LogP contribution >= 0.6 is 11.6 Å². The quantitative estimate of drug-likeness (QED) is 0.330. The third-order valence-electron chi connectivity index (χ3n) is 11.9. The number of aliphatic hydroxyl groups is 3. The Morgan fingerprint density at radius 1 is 1.12 bits per heavy atom. The number of hydrogen-bond acceptors (Lipinski definition) is 6. The smallest absolute Gasteiger partial charge is 0.238 e. The van der Waals surface area contributed by atoms with Gasteiger partial charge in [0.25, 0.3) is 0 Å². The number of nitrogens with two attached hydrogens (primary N) is 1. The van der Waals surface area contributed by atoms with Crippen LogP contribution < -0.4 is 10.5 Å². The largest absolute Gasteiger partial charge is 0.393 e. The molecule has 8 nitrogen and oxygen atoms in total. The molecule has 4 fully saturated rings. The monoisotopic (exact) mass is 596 g/mol. The number of rotatable bonds is 6. The van der Waals surface area contributed by atoms with E-state index < -0.39 is 22.2 Å². The van der Waals surface area contributed by atoms with Crippen LogP contribution in [0.15, 0.2) is 23.1 Å². The first kappa shape index (κ1) is 30.2.